The molecule has 0 amide bonds. The van der Waals surface area contributed by atoms with Gasteiger partial charge >= 0.3 is 0 Å². The smallest absolute Gasteiger partial charge is 0.240 e. The highest BCUT2D eigenvalue weighted by Gasteiger charge is 2.25. The van der Waals surface area contributed by atoms with E-state index in [1.54, 1.807) is 0 Å². The monoisotopic (exact) mass is 839 g/mol. The number of fused-ring (bicyclic) bond motifs is 4. The van der Waals surface area contributed by atoms with Crippen molar-refractivity contribution in [3.63, 3.8) is 0 Å². The van der Waals surface area contributed by atoms with Crippen LogP contribution in [-0.4, -0.2) is 24.1 Å². The van der Waals surface area contributed by atoms with Crippen molar-refractivity contribution in [2.75, 3.05) is 9.80 Å². The van der Waals surface area contributed by atoms with E-state index in [2.05, 4.69) is 214 Å². The molecule has 0 fully saturated rings. The summed E-state index contributed by atoms with van der Waals surface area (Å²) in [7, 11) is 0. The lowest BCUT2D eigenvalue weighted by atomic mass is 10.0. The Kier molecular flexibility index (Phi) is 10.3. The molecule has 0 saturated carbocycles. The largest absolute Gasteiger partial charge is 0.311 e. The summed E-state index contributed by atoms with van der Waals surface area (Å²) in [5, 5.41) is 2.25. The molecule has 312 valence electrons. The summed E-state index contributed by atoms with van der Waals surface area (Å²) in [5.74, 6) is 1.69. The summed E-state index contributed by atoms with van der Waals surface area (Å²) in [6.07, 6.45) is 10.5. The van der Waals surface area contributed by atoms with E-state index in [4.69, 9.17) is 15.0 Å². The van der Waals surface area contributed by atoms with E-state index in [-0.39, 0.29) is 0 Å². The third-order valence-electron chi connectivity index (χ3n) is 12.2. The standard InChI is InChI=1S/C58H45N7/c1-3-43(63(44-25-11-5-12-26-44)45-27-13-6-14-28-45)39-51-41(2)62(53-35-21-19-33-49(51)53)57-59-56(42-23-9-4-10-24-42)60-58(61-57)65-54-36-22-20-34-50(54)52-40-48(37-38-55(52)65)64(46-29-15-7-16-30-46)47-31-17-8-18-32-47/h3-19,21-33,35-40H,1,20,34H2,2H3/b43-39+. The lowest BCUT2D eigenvalue weighted by Gasteiger charge is -2.26. The molecule has 0 N–H and O–H groups in total. The molecule has 3 aromatic heterocycles. The van der Waals surface area contributed by atoms with Crippen LogP contribution in [0.1, 0.15) is 28.9 Å². The van der Waals surface area contributed by atoms with Crippen LogP contribution >= 0.6 is 0 Å². The molecule has 7 heteroatoms. The fraction of sp³-hybridized carbons (Fsp3) is 0.0517. The van der Waals surface area contributed by atoms with Crippen molar-refractivity contribution < 1.29 is 0 Å². The zero-order valence-electron chi connectivity index (χ0n) is 36.0. The van der Waals surface area contributed by atoms with Gasteiger partial charge in [-0.25, -0.2) is 0 Å². The van der Waals surface area contributed by atoms with Crippen molar-refractivity contribution in [2.24, 2.45) is 0 Å². The Balaban J connectivity index is 1.12. The third kappa shape index (κ3) is 7.19. The molecule has 1 aliphatic rings. The number of benzene rings is 7. The van der Waals surface area contributed by atoms with Crippen molar-refractivity contribution in [1.29, 1.82) is 0 Å². The molecule has 11 rings (SSSR count). The van der Waals surface area contributed by atoms with Crippen molar-refractivity contribution in [3.8, 4) is 23.3 Å². The Labute approximate surface area is 378 Å². The molecule has 3 heterocycles. The number of para-hydroxylation sites is 5. The van der Waals surface area contributed by atoms with Gasteiger partial charge in [0.15, 0.2) is 5.82 Å². The molecule has 0 spiro atoms. The SMILES string of the molecule is C=C/C(=C\c1c(C)n(-c2nc(-c3ccccc3)nc(-n3c4c(c5cc(N(c6ccccc6)c6ccccc6)ccc53)CCC=C4)n2)c2ccccc12)N(c1ccccc1)c1ccccc1. The topological polar surface area (TPSA) is 55.0 Å². The first-order valence-electron chi connectivity index (χ1n) is 22.1. The second-order valence-electron chi connectivity index (χ2n) is 16.1. The second-order valence-corrected chi connectivity index (χ2v) is 16.1. The molecule has 0 saturated heterocycles. The summed E-state index contributed by atoms with van der Waals surface area (Å²) >= 11 is 0. The van der Waals surface area contributed by atoms with Crippen LogP contribution in [-0.2, 0) is 6.42 Å². The number of anilines is 5. The van der Waals surface area contributed by atoms with Crippen LogP contribution in [0.5, 0.6) is 0 Å². The lowest BCUT2D eigenvalue weighted by molar-refractivity contribution is 0.847. The van der Waals surface area contributed by atoms with Gasteiger partial charge in [0.2, 0.25) is 11.9 Å². The van der Waals surface area contributed by atoms with Crippen molar-refractivity contribution in [1.82, 2.24) is 24.1 Å². The molecule has 0 atom stereocenters. The van der Waals surface area contributed by atoms with Gasteiger partial charge in [0.05, 0.1) is 16.7 Å². The van der Waals surface area contributed by atoms with Crippen LogP contribution in [0, 0.1) is 6.92 Å². The van der Waals surface area contributed by atoms with E-state index in [0.717, 1.165) is 85.9 Å². The third-order valence-corrected chi connectivity index (χ3v) is 12.2. The van der Waals surface area contributed by atoms with E-state index in [1.807, 2.05) is 36.4 Å². The Morgan fingerprint density at radius 2 is 1.09 bits per heavy atom. The van der Waals surface area contributed by atoms with Crippen molar-refractivity contribution in [3.05, 3.63) is 241 Å². The average molecular weight is 840 g/mol. The molecule has 0 aliphatic heterocycles. The first-order chi connectivity index (χ1) is 32.1. The maximum atomic E-state index is 5.44. The van der Waals surface area contributed by atoms with E-state index in [0.29, 0.717) is 17.7 Å². The predicted molar refractivity (Wildman–Crippen MR) is 269 cm³/mol. The van der Waals surface area contributed by atoms with Gasteiger partial charge in [-0.15, -0.1) is 0 Å². The van der Waals surface area contributed by atoms with Gasteiger partial charge in [-0.3, -0.25) is 9.13 Å². The zero-order chi connectivity index (χ0) is 43.7. The van der Waals surface area contributed by atoms with Crippen LogP contribution in [0.25, 0.3) is 57.2 Å². The summed E-state index contributed by atoms with van der Waals surface area (Å²) < 4.78 is 4.41. The van der Waals surface area contributed by atoms with E-state index in [9.17, 15) is 0 Å². The minimum absolute atomic E-state index is 0.539. The highest BCUT2D eigenvalue weighted by molar-refractivity contribution is 5.96. The fourth-order valence-electron chi connectivity index (χ4n) is 9.25. The number of allylic oxidation sites excluding steroid dienone is 2. The first kappa shape index (κ1) is 39.3. The quantitative estimate of drug-likeness (QED) is 0.121. The van der Waals surface area contributed by atoms with Crippen LogP contribution in [0.2, 0.25) is 0 Å². The van der Waals surface area contributed by atoms with E-state index < -0.39 is 0 Å². The van der Waals surface area contributed by atoms with Gasteiger partial charge in [0, 0.05) is 61.7 Å². The lowest BCUT2D eigenvalue weighted by Crippen LogP contribution is -2.15. The fourth-order valence-corrected chi connectivity index (χ4v) is 9.25. The normalized spacial score (nSPS) is 12.4. The van der Waals surface area contributed by atoms with Gasteiger partial charge in [-0.05, 0) is 116 Å². The predicted octanol–water partition coefficient (Wildman–Crippen LogP) is 14.5. The number of aryl methyl sites for hydroxylation is 1. The van der Waals surface area contributed by atoms with Crippen LogP contribution in [0.15, 0.2) is 219 Å². The Bertz CT molecular complexity index is 3310. The number of aromatic nitrogens is 5. The second kappa shape index (κ2) is 17.0. The molecule has 65 heavy (non-hydrogen) atoms. The summed E-state index contributed by atoms with van der Waals surface area (Å²) in [4.78, 5) is 20.6. The van der Waals surface area contributed by atoms with Crippen molar-refractivity contribution in [2.45, 2.75) is 19.8 Å². The summed E-state index contributed by atoms with van der Waals surface area (Å²) in [6.45, 7) is 6.48. The minimum Gasteiger partial charge on any atom is -0.311 e. The highest BCUT2D eigenvalue weighted by atomic mass is 15.3. The molecule has 10 aromatic rings. The average Bonchev–Trinajstić information content (AvgIpc) is 3.85. The molecular weight excluding hydrogens is 795 g/mol. The maximum Gasteiger partial charge on any atom is 0.240 e. The van der Waals surface area contributed by atoms with Gasteiger partial charge < -0.3 is 9.80 Å². The molecular formula is C58H45N7. The van der Waals surface area contributed by atoms with Crippen molar-refractivity contribution >= 4 is 62.4 Å². The number of hydrogen-bond acceptors (Lipinski definition) is 5. The highest BCUT2D eigenvalue weighted by Crippen LogP contribution is 2.41. The number of rotatable bonds is 11. The molecule has 0 bridgehead atoms. The number of hydrogen-bond donors (Lipinski definition) is 0. The minimum atomic E-state index is 0.539. The molecule has 0 unspecified atom stereocenters. The Hall–Kier alpha value is -8.55. The maximum absolute atomic E-state index is 5.44. The van der Waals surface area contributed by atoms with Crippen LogP contribution in [0.3, 0.4) is 0 Å². The van der Waals surface area contributed by atoms with Gasteiger partial charge in [-0.2, -0.15) is 15.0 Å². The zero-order valence-corrected chi connectivity index (χ0v) is 36.0. The van der Waals surface area contributed by atoms with Gasteiger partial charge in [-0.1, -0.05) is 134 Å². The summed E-state index contributed by atoms with van der Waals surface area (Å²) in [6, 6.07) is 67.4. The van der Waals surface area contributed by atoms with Gasteiger partial charge in [0.25, 0.3) is 0 Å². The molecule has 1 aliphatic carbocycles. The van der Waals surface area contributed by atoms with Gasteiger partial charge in [0.1, 0.15) is 0 Å². The Morgan fingerprint density at radius 1 is 0.554 bits per heavy atom. The van der Waals surface area contributed by atoms with Crippen LogP contribution < -0.4 is 9.80 Å². The number of nitrogens with zero attached hydrogens (tertiary/aromatic N) is 7. The Morgan fingerprint density at radius 3 is 1.71 bits per heavy atom. The van der Waals surface area contributed by atoms with E-state index in [1.165, 1.54) is 10.9 Å². The summed E-state index contributed by atoms with van der Waals surface area (Å²) in [5.41, 5.74) is 13.6. The molecule has 7 nitrogen and oxygen atoms in total. The molecule has 0 radical (unpaired) electrons. The molecule has 7 aromatic carbocycles. The van der Waals surface area contributed by atoms with Crippen LogP contribution in [0.4, 0.5) is 28.4 Å². The van der Waals surface area contributed by atoms with E-state index >= 15 is 0 Å². The first-order valence-corrected chi connectivity index (χ1v) is 22.1.